The number of para-hydroxylation sites is 1. The Bertz CT molecular complexity index is 681. The van der Waals surface area contributed by atoms with Gasteiger partial charge in [-0.1, -0.05) is 24.3 Å². The summed E-state index contributed by atoms with van der Waals surface area (Å²) in [5, 5.41) is 10.3. The highest BCUT2D eigenvalue weighted by molar-refractivity contribution is 5.84. The van der Waals surface area contributed by atoms with Gasteiger partial charge >= 0.3 is 5.97 Å². The number of hydrogen-bond acceptors (Lipinski definition) is 3. The van der Waals surface area contributed by atoms with Gasteiger partial charge in [-0.2, -0.15) is 5.26 Å². The van der Waals surface area contributed by atoms with Crippen LogP contribution in [-0.4, -0.2) is 17.6 Å². The summed E-state index contributed by atoms with van der Waals surface area (Å²) in [6.45, 7) is 5.85. The van der Waals surface area contributed by atoms with Crippen LogP contribution < -0.4 is 0 Å². The van der Waals surface area contributed by atoms with Crippen molar-refractivity contribution in [2.45, 2.75) is 19.3 Å². The third kappa shape index (κ3) is 3.14. The largest absolute Gasteiger partial charge is 0.465 e. The molecule has 2 rings (SSSR count). The first-order chi connectivity index (χ1) is 10.2. The van der Waals surface area contributed by atoms with E-state index >= 15 is 0 Å². The van der Waals surface area contributed by atoms with Gasteiger partial charge in [-0.25, -0.2) is 0 Å². The van der Waals surface area contributed by atoms with Gasteiger partial charge in [-0.15, -0.1) is 6.58 Å². The molecule has 1 heterocycles. The molecule has 0 spiro atoms. The average molecular weight is 282 g/mol. The number of benzene rings is 1. The first kappa shape index (κ1) is 14.9. The molecule has 0 saturated carbocycles. The van der Waals surface area contributed by atoms with Crippen LogP contribution >= 0.6 is 0 Å². The molecule has 0 bridgehead atoms. The molecule has 1 aromatic carbocycles. The highest BCUT2D eigenvalue weighted by atomic mass is 16.5. The molecule has 0 aliphatic carbocycles. The fraction of sp³-hybridized carbons (Fsp3) is 0.294. The van der Waals surface area contributed by atoms with Gasteiger partial charge in [0.1, 0.15) is 5.92 Å². The molecule has 21 heavy (non-hydrogen) atoms. The molecular weight excluding hydrogens is 264 g/mol. The van der Waals surface area contributed by atoms with Crippen molar-refractivity contribution >= 4 is 16.9 Å². The van der Waals surface area contributed by atoms with Crippen LogP contribution in [0.3, 0.4) is 0 Å². The van der Waals surface area contributed by atoms with Gasteiger partial charge in [0.2, 0.25) is 0 Å². The van der Waals surface area contributed by atoms with Crippen LogP contribution in [-0.2, 0) is 9.53 Å². The quantitative estimate of drug-likeness (QED) is 0.651. The molecular formula is C17H18N2O2. The minimum Gasteiger partial charge on any atom is -0.465 e. The Morgan fingerprint density at radius 2 is 2.29 bits per heavy atom. The van der Waals surface area contributed by atoms with Gasteiger partial charge in [0.25, 0.3) is 0 Å². The van der Waals surface area contributed by atoms with Crippen LogP contribution in [0.1, 0.15) is 24.8 Å². The number of esters is 1. The van der Waals surface area contributed by atoms with Crippen molar-refractivity contribution in [1.82, 2.24) is 4.98 Å². The number of allylic oxidation sites excluding steroid dienone is 1. The van der Waals surface area contributed by atoms with Gasteiger partial charge in [-0.05, 0) is 25.0 Å². The monoisotopic (exact) mass is 282 g/mol. The predicted octanol–water partition coefficient (Wildman–Crippen LogP) is 3.53. The third-order valence-electron chi connectivity index (χ3n) is 3.52. The molecule has 0 radical (unpaired) electrons. The SMILES string of the molecule is C=CC(CC(C#N)C(=O)OCC)c1c[nH]c2ccccc12. The number of aromatic nitrogens is 1. The molecule has 0 fully saturated rings. The number of H-pyrrole nitrogens is 1. The van der Waals surface area contributed by atoms with E-state index in [0.29, 0.717) is 6.42 Å². The molecule has 1 aromatic heterocycles. The molecule has 2 atom stereocenters. The lowest BCUT2D eigenvalue weighted by Gasteiger charge is -2.15. The van der Waals surface area contributed by atoms with Crippen LogP contribution in [0.15, 0.2) is 43.1 Å². The van der Waals surface area contributed by atoms with Crippen LogP contribution in [0.4, 0.5) is 0 Å². The molecule has 1 N–H and O–H groups in total. The van der Waals surface area contributed by atoms with Crippen LogP contribution in [0.5, 0.6) is 0 Å². The van der Waals surface area contributed by atoms with Gasteiger partial charge in [-0.3, -0.25) is 4.79 Å². The lowest BCUT2D eigenvalue weighted by atomic mass is 9.89. The molecule has 0 aliphatic rings. The number of nitrogens with one attached hydrogen (secondary N) is 1. The standard InChI is InChI=1S/C17H18N2O2/c1-3-12(9-13(10-18)17(20)21-4-2)15-11-19-16-8-6-5-7-14(15)16/h3,5-8,11-13,19H,1,4,9H2,2H3. The van der Waals surface area contributed by atoms with Gasteiger partial charge in [0.05, 0.1) is 12.7 Å². The van der Waals surface area contributed by atoms with Crippen molar-refractivity contribution in [1.29, 1.82) is 5.26 Å². The lowest BCUT2D eigenvalue weighted by molar-refractivity contribution is -0.146. The number of nitrogens with zero attached hydrogens (tertiary/aromatic N) is 1. The lowest BCUT2D eigenvalue weighted by Crippen LogP contribution is -2.18. The third-order valence-corrected chi connectivity index (χ3v) is 3.52. The molecule has 0 amide bonds. The van der Waals surface area contributed by atoms with Crippen molar-refractivity contribution in [3.8, 4) is 6.07 Å². The fourth-order valence-electron chi connectivity index (χ4n) is 2.45. The Morgan fingerprint density at radius 1 is 1.52 bits per heavy atom. The van der Waals surface area contributed by atoms with E-state index in [4.69, 9.17) is 4.74 Å². The summed E-state index contributed by atoms with van der Waals surface area (Å²) in [4.78, 5) is 15.0. The molecule has 4 nitrogen and oxygen atoms in total. The Balaban J connectivity index is 2.26. The zero-order valence-corrected chi connectivity index (χ0v) is 12.0. The number of hydrogen-bond donors (Lipinski definition) is 1. The summed E-state index contributed by atoms with van der Waals surface area (Å²) < 4.78 is 4.94. The van der Waals surface area contributed by atoms with Gasteiger partial charge < -0.3 is 9.72 Å². The van der Waals surface area contributed by atoms with E-state index in [1.165, 1.54) is 0 Å². The first-order valence-corrected chi connectivity index (χ1v) is 6.96. The van der Waals surface area contributed by atoms with Gasteiger partial charge in [0, 0.05) is 23.0 Å². The summed E-state index contributed by atoms with van der Waals surface area (Å²) in [5.74, 6) is -1.32. The van der Waals surface area contributed by atoms with Crippen molar-refractivity contribution in [3.63, 3.8) is 0 Å². The summed E-state index contributed by atoms with van der Waals surface area (Å²) >= 11 is 0. The smallest absolute Gasteiger partial charge is 0.323 e. The van der Waals surface area contributed by atoms with E-state index in [1.807, 2.05) is 36.5 Å². The maximum Gasteiger partial charge on any atom is 0.323 e. The minimum atomic E-state index is -0.776. The molecule has 0 aliphatic heterocycles. The van der Waals surface area contributed by atoms with E-state index < -0.39 is 11.9 Å². The highest BCUT2D eigenvalue weighted by Gasteiger charge is 2.24. The zero-order chi connectivity index (χ0) is 15.2. The van der Waals surface area contributed by atoms with Crippen LogP contribution in [0, 0.1) is 17.2 Å². The summed E-state index contributed by atoms with van der Waals surface area (Å²) in [6, 6.07) is 9.96. The van der Waals surface area contributed by atoms with Crippen LogP contribution in [0.25, 0.3) is 10.9 Å². The molecule has 4 heteroatoms. The van der Waals surface area contributed by atoms with E-state index in [-0.39, 0.29) is 12.5 Å². The Kier molecular flexibility index (Phi) is 4.78. The predicted molar refractivity (Wildman–Crippen MR) is 81.6 cm³/mol. The van der Waals surface area contributed by atoms with Crippen molar-refractivity contribution < 1.29 is 9.53 Å². The second-order valence-corrected chi connectivity index (χ2v) is 4.80. The normalized spacial score (nSPS) is 13.3. The number of aromatic amines is 1. The Morgan fingerprint density at radius 3 is 2.95 bits per heavy atom. The topological polar surface area (TPSA) is 65.9 Å². The van der Waals surface area contributed by atoms with E-state index in [9.17, 15) is 10.1 Å². The van der Waals surface area contributed by atoms with E-state index in [2.05, 4.69) is 11.6 Å². The van der Waals surface area contributed by atoms with Crippen molar-refractivity contribution in [2.75, 3.05) is 6.61 Å². The van der Waals surface area contributed by atoms with Crippen molar-refractivity contribution in [3.05, 3.63) is 48.7 Å². The highest BCUT2D eigenvalue weighted by Crippen LogP contribution is 2.31. The number of fused-ring (bicyclic) bond motifs is 1. The summed E-state index contributed by atoms with van der Waals surface area (Å²) in [7, 11) is 0. The minimum absolute atomic E-state index is 0.0739. The molecule has 0 saturated heterocycles. The van der Waals surface area contributed by atoms with E-state index in [1.54, 1.807) is 13.0 Å². The van der Waals surface area contributed by atoms with Crippen LogP contribution in [0.2, 0.25) is 0 Å². The zero-order valence-electron chi connectivity index (χ0n) is 12.0. The Hall–Kier alpha value is -2.54. The number of carbonyl (C=O) groups excluding carboxylic acids is 1. The van der Waals surface area contributed by atoms with Crippen molar-refractivity contribution in [2.24, 2.45) is 5.92 Å². The molecule has 108 valence electrons. The van der Waals surface area contributed by atoms with Gasteiger partial charge in [0.15, 0.2) is 0 Å². The fourth-order valence-corrected chi connectivity index (χ4v) is 2.45. The maximum atomic E-state index is 11.8. The number of ether oxygens (including phenoxy) is 1. The maximum absolute atomic E-state index is 11.8. The average Bonchev–Trinajstić information content (AvgIpc) is 2.93. The summed E-state index contributed by atoms with van der Waals surface area (Å²) in [6.07, 6.45) is 4.07. The first-order valence-electron chi connectivity index (χ1n) is 6.96. The molecule has 2 aromatic rings. The summed E-state index contributed by atoms with van der Waals surface area (Å²) in [5.41, 5.74) is 2.08. The second kappa shape index (κ2) is 6.76. The number of carbonyl (C=O) groups is 1. The number of nitriles is 1. The molecule has 2 unspecified atom stereocenters. The van der Waals surface area contributed by atoms with E-state index in [0.717, 1.165) is 16.5 Å². The number of rotatable bonds is 6. The Labute approximate surface area is 124 Å². The second-order valence-electron chi connectivity index (χ2n) is 4.80.